The van der Waals surface area contributed by atoms with Crippen LogP contribution in [0.5, 0.6) is 0 Å². The molecule has 98 valence electrons. The lowest BCUT2D eigenvalue weighted by atomic mass is 9.63. The maximum atomic E-state index is 12.7. The third kappa shape index (κ3) is 1.57. The van der Waals surface area contributed by atoms with Gasteiger partial charge in [-0.05, 0) is 39.0 Å². The lowest BCUT2D eigenvalue weighted by Gasteiger charge is -2.38. The number of carbonyl (C=O) groups excluding carboxylic acids is 2. The minimum absolute atomic E-state index is 0.00356. The first kappa shape index (κ1) is 13.1. The smallest absolute Gasteiger partial charge is 0.208 e. The first-order chi connectivity index (χ1) is 8.45. The van der Waals surface area contributed by atoms with Crippen LogP contribution in [0.25, 0.3) is 0 Å². The Bertz CT molecular complexity index is 470. The second-order valence-corrected chi connectivity index (χ2v) is 5.41. The molecule has 0 bridgehead atoms. The zero-order valence-corrected chi connectivity index (χ0v) is 11.5. The zero-order chi connectivity index (χ0) is 13.5. The number of allylic oxidation sites excluding steroid dienone is 4. The van der Waals surface area contributed by atoms with Gasteiger partial charge in [-0.15, -0.1) is 0 Å². The summed E-state index contributed by atoms with van der Waals surface area (Å²) in [6.07, 6.45) is 4.65. The van der Waals surface area contributed by atoms with E-state index in [1.54, 1.807) is 0 Å². The quantitative estimate of drug-likeness (QED) is 0.706. The van der Waals surface area contributed by atoms with Crippen LogP contribution < -0.4 is 0 Å². The summed E-state index contributed by atoms with van der Waals surface area (Å²) in [5.41, 5.74) is 1.13. The molecule has 0 N–H and O–H groups in total. The second kappa shape index (κ2) is 4.38. The molecule has 2 atom stereocenters. The molecular formula is C15H20O3. The van der Waals surface area contributed by atoms with Crippen molar-refractivity contribution in [3.63, 3.8) is 0 Å². The fourth-order valence-corrected chi connectivity index (χ4v) is 3.36. The van der Waals surface area contributed by atoms with Gasteiger partial charge in [0.25, 0.3) is 0 Å². The highest BCUT2D eigenvalue weighted by atomic mass is 16.5. The van der Waals surface area contributed by atoms with E-state index in [2.05, 4.69) is 13.0 Å². The normalized spacial score (nSPS) is 31.9. The van der Waals surface area contributed by atoms with Gasteiger partial charge in [-0.3, -0.25) is 9.59 Å². The molecule has 3 nitrogen and oxygen atoms in total. The Kier molecular flexibility index (Phi) is 3.18. The summed E-state index contributed by atoms with van der Waals surface area (Å²) in [6.45, 7) is 5.61. The van der Waals surface area contributed by atoms with Crippen molar-refractivity contribution in [3.8, 4) is 0 Å². The molecule has 0 heterocycles. The van der Waals surface area contributed by atoms with Gasteiger partial charge in [0.2, 0.25) is 5.78 Å². The Morgan fingerprint density at radius 1 is 1.50 bits per heavy atom. The summed E-state index contributed by atoms with van der Waals surface area (Å²) in [4.78, 5) is 24.4. The highest BCUT2D eigenvalue weighted by Crippen LogP contribution is 2.53. The van der Waals surface area contributed by atoms with E-state index in [0.717, 1.165) is 18.4 Å². The molecule has 0 aromatic rings. The summed E-state index contributed by atoms with van der Waals surface area (Å²) >= 11 is 0. The highest BCUT2D eigenvalue weighted by molar-refractivity contribution is 6.12. The fraction of sp³-hybridized carbons (Fsp3) is 0.600. The van der Waals surface area contributed by atoms with E-state index in [9.17, 15) is 9.59 Å². The minimum atomic E-state index is -0.523. The zero-order valence-electron chi connectivity index (χ0n) is 11.5. The summed E-state index contributed by atoms with van der Waals surface area (Å²) < 4.78 is 5.20. The monoisotopic (exact) mass is 248 g/mol. The molecule has 0 aromatic heterocycles. The Morgan fingerprint density at radius 3 is 2.61 bits per heavy atom. The SMILES string of the molecule is COC1=C(C(C)=O)C[C@]2(C1=O)C(C)=CCC[C@@H]2C. The highest BCUT2D eigenvalue weighted by Gasteiger charge is 2.53. The predicted octanol–water partition coefficient (Wildman–Crippen LogP) is 2.81. The molecule has 1 spiro atoms. The molecule has 0 aliphatic heterocycles. The minimum Gasteiger partial charge on any atom is -0.493 e. The molecule has 2 rings (SSSR count). The predicted molar refractivity (Wildman–Crippen MR) is 68.9 cm³/mol. The molecule has 0 aromatic carbocycles. The van der Waals surface area contributed by atoms with Crippen molar-refractivity contribution in [1.29, 1.82) is 0 Å². The van der Waals surface area contributed by atoms with Crippen LogP contribution in [0, 0.1) is 11.3 Å². The molecule has 0 amide bonds. The summed E-state index contributed by atoms with van der Waals surface area (Å²) in [5, 5.41) is 0. The molecule has 3 heteroatoms. The molecule has 0 radical (unpaired) electrons. The van der Waals surface area contributed by atoms with Crippen LogP contribution in [0.3, 0.4) is 0 Å². The van der Waals surface area contributed by atoms with Gasteiger partial charge in [0.15, 0.2) is 11.5 Å². The van der Waals surface area contributed by atoms with Gasteiger partial charge < -0.3 is 4.74 Å². The molecule has 0 unspecified atom stereocenters. The van der Waals surface area contributed by atoms with E-state index in [1.165, 1.54) is 14.0 Å². The van der Waals surface area contributed by atoms with Crippen molar-refractivity contribution in [2.75, 3.05) is 7.11 Å². The van der Waals surface area contributed by atoms with Crippen LogP contribution in [0.15, 0.2) is 23.0 Å². The molecule has 0 fully saturated rings. The maximum Gasteiger partial charge on any atom is 0.208 e. The van der Waals surface area contributed by atoms with Gasteiger partial charge >= 0.3 is 0 Å². The van der Waals surface area contributed by atoms with Crippen LogP contribution >= 0.6 is 0 Å². The third-order valence-electron chi connectivity index (χ3n) is 4.57. The largest absolute Gasteiger partial charge is 0.493 e. The van der Waals surface area contributed by atoms with E-state index >= 15 is 0 Å². The Morgan fingerprint density at radius 2 is 2.17 bits per heavy atom. The molecule has 0 saturated carbocycles. The van der Waals surface area contributed by atoms with Gasteiger partial charge in [0.05, 0.1) is 12.5 Å². The third-order valence-corrected chi connectivity index (χ3v) is 4.57. The summed E-state index contributed by atoms with van der Waals surface area (Å²) in [7, 11) is 1.47. The number of methoxy groups -OCH3 is 1. The first-order valence-electron chi connectivity index (χ1n) is 6.45. The number of ketones is 2. The van der Waals surface area contributed by atoms with Crippen molar-refractivity contribution >= 4 is 11.6 Å². The van der Waals surface area contributed by atoms with Crippen LogP contribution in [0.4, 0.5) is 0 Å². The van der Waals surface area contributed by atoms with Crippen LogP contribution in [-0.4, -0.2) is 18.7 Å². The van der Waals surface area contributed by atoms with E-state index in [-0.39, 0.29) is 23.2 Å². The van der Waals surface area contributed by atoms with Crippen LogP contribution in [-0.2, 0) is 14.3 Å². The summed E-state index contributed by atoms with van der Waals surface area (Å²) in [6, 6.07) is 0. The van der Waals surface area contributed by atoms with Crippen molar-refractivity contribution in [3.05, 3.63) is 23.0 Å². The van der Waals surface area contributed by atoms with E-state index in [1.807, 2.05) is 6.92 Å². The molecule has 18 heavy (non-hydrogen) atoms. The Hall–Kier alpha value is -1.38. The summed E-state index contributed by atoms with van der Waals surface area (Å²) in [5.74, 6) is 0.486. The van der Waals surface area contributed by atoms with Gasteiger partial charge in [-0.2, -0.15) is 0 Å². The van der Waals surface area contributed by atoms with Gasteiger partial charge in [0.1, 0.15) is 0 Å². The van der Waals surface area contributed by atoms with Crippen molar-refractivity contribution in [2.24, 2.45) is 11.3 Å². The Balaban J connectivity index is 2.52. The fourth-order valence-electron chi connectivity index (χ4n) is 3.36. The van der Waals surface area contributed by atoms with Crippen molar-refractivity contribution in [2.45, 2.75) is 40.0 Å². The average Bonchev–Trinajstić information content (AvgIpc) is 2.61. The number of carbonyl (C=O) groups is 2. The molecule has 2 aliphatic carbocycles. The lowest BCUT2D eigenvalue weighted by Crippen LogP contribution is -2.38. The number of hydrogen-bond donors (Lipinski definition) is 0. The average molecular weight is 248 g/mol. The first-order valence-corrected chi connectivity index (χ1v) is 6.45. The number of ether oxygens (including phenoxy) is 1. The van der Waals surface area contributed by atoms with Gasteiger partial charge in [-0.25, -0.2) is 0 Å². The topological polar surface area (TPSA) is 43.4 Å². The standard InChI is InChI=1S/C15H20O3/c1-9-6-5-7-10(2)15(9)8-12(11(3)16)13(18-4)14(15)17/h6,10H,5,7-8H2,1-4H3/t10-,15-/m0/s1. The Labute approximate surface area is 108 Å². The second-order valence-electron chi connectivity index (χ2n) is 5.41. The van der Waals surface area contributed by atoms with E-state index in [4.69, 9.17) is 4.74 Å². The van der Waals surface area contributed by atoms with Crippen LogP contribution in [0.1, 0.15) is 40.0 Å². The van der Waals surface area contributed by atoms with E-state index in [0.29, 0.717) is 12.0 Å². The number of rotatable bonds is 2. The molecular weight excluding hydrogens is 228 g/mol. The van der Waals surface area contributed by atoms with E-state index < -0.39 is 5.41 Å². The van der Waals surface area contributed by atoms with Crippen molar-refractivity contribution < 1.29 is 14.3 Å². The molecule has 0 saturated heterocycles. The van der Waals surface area contributed by atoms with Gasteiger partial charge in [0, 0.05) is 5.57 Å². The maximum absolute atomic E-state index is 12.7. The number of hydrogen-bond acceptors (Lipinski definition) is 3. The van der Waals surface area contributed by atoms with Crippen LogP contribution in [0.2, 0.25) is 0 Å². The number of Topliss-reactive ketones (excluding diaryl/α,β-unsaturated/α-hetero) is 2. The molecule has 2 aliphatic rings. The van der Waals surface area contributed by atoms with Crippen molar-refractivity contribution in [1.82, 2.24) is 0 Å². The lowest BCUT2D eigenvalue weighted by molar-refractivity contribution is -0.127. The van der Waals surface area contributed by atoms with Gasteiger partial charge in [-0.1, -0.05) is 18.6 Å².